The molecule has 0 aromatic rings. The first kappa shape index (κ1) is 24.2. The van der Waals surface area contributed by atoms with Gasteiger partial charge in [0.1, 0.15) is 0 Å². The van der Waals surface area contributed by atoms with Gasteiger partial charge in [-0.2, -0.15) is 0 Å². The van der Waals surface area contributed by atoms with E-state index in [1.807, 2.05) is 19.9 Å². The van der Waals surface area contributed by atoms with E-state index in [0.29, 0.717) is 18.3 Å². The zero-order chi connectivity index (χ0) is 21.2. The highest BCUT2D eigenvalue weighted by molar-refractivity contribution is 5.21. The normalized spacial score (nSPS) is 28.3. The van der Waals surface area contributed by atoms with Crippen molar-refractivity contribution < 1.29 is 10.2 Å². The van der Waals surface area contributed by atoms with Crippen molar-refractivity contribution in [3.05, 3.63) is 23.8 Å². The summed E-state index contributed by atoms with van der Waals surface area (Å²) in [6.07, 6.45) is 13.5. The molecule has 1 saturated carbocycles. The molecule has 0 radical (unpaired) electrons. The highest BCUT2D eigenvalue weighted by Crippen LogP contribution is 2.48. The Morgan fingerprint density at radius 1 is 1.24 bits per heavy atom. The van der Waals surface area contributed by atoms with Crippen LogP contribution in [0.1, 0.15) is 72.6 Å². The molecule has 2 N–H and O–H groups in total. The standard InChI is InChI=1S/C26H43NO2/c1-5-8-12-20(4)25(28)15-14-23-24-18-21(17-22(24)19-26(23)29)13-10-9-11-16-27(6-2)7-3/h14-15,17,20,22-26,28-29H,6-7,9-13,16,18-19H2,1-4H3/t20-,22+,23-,24+,25-,26-/m1/s1. The summed E-state index contributed by atoms with van der Waals surface area (Å²) in [6, 6.07) is 0. The SMILES string of the molecule is CC#CC[C@@H](C)[C@H](O)C=C[C@@H]1[C@H]2CC(CCCCCN(CC)CC)=C[C@H]2C[C@H]1O. The highest BCUT2D eigenvalue weighted by Gasteiger charge is 2.43. The van der Waals surface area contributed by atoms with Crippen molar-refractivity contribution in [2.45, 2.75) is 84.8 Å². The number of aliphatic hydroxyl groups is 2. The lowest BCUT2D eigenvalue weighted by atomic mass is 9.88. The number of nitrogens with zero attached hydrogens (tertiary/aromatic N) is 1. The number of allylic oxidation sites excluding steroid dienone is 2. The summed E-state index contributed by atoms with van der Waals surface area (Å²) in [5.74, 6) is 7.28. The van der Waals surface area contributed by atoms with Crippen molar-refractivity contribution in [1.29, 1.82) is 0 Å². The fourth-order valence-electron chi connectivity index (χ4n) is 5.01. The van der Waals surface area contributed by atoms with Gasteiger partial charge in [0, 0.05) is 12.3 Å². The number of hydrogen-bond acceptors (Lipinski definition) is 3. The van der Waals surface area contributed by atoms with E-state index in [4.69, 9.17) is 0 Å². The van der Waals surface area contributed by atoms with Crippen LogP contribution in [0, 0.1) is 35.5 Å². The Balaban J connectivity index is 1.77. The van der Waals surface area contributed by atoms with Gasteiger partial charge in [0.05, 0.1) is 12.2 Å². The van der Waals surface area contributed by atoms with Crippen LogP contribution in [0.25, 0.3) is 0 Å². The van der Waals surface area contributed by atoms with Crippen LogP contribution < -0.4 is 0 Å². The van der Waals surface area contributed by atoms with Crippen LogP contribution in [0.5, 0.6) is 0 Å². The van der Waals surface area contributed by atoms with Crippen LogP contribution in [0.3, 0.4) is 0 Å². The Hall–Kier alpha value is -1.08. The fourth-order valence-corrected chi connectivity index (χ4v) is 5.01. The number of hydrogen-bond donors (Lipinski definition) is 2. The first-order valence-electron chi connectivity index (χ1n) is 11.9. The van der Waals surface area contributed by atoms with Gasteiger partial charge >= 0.3 is 0 Å². The second-order valence-corrected chi connectivity index (χ2v) is 9.06. The molecule has 0 amide bonds. The van der Waals surface area contributed by atoms with Crippen molar-refractivity contribution in [2.24, 2.45) is 23.7 Å². The maximum Gasteiger partial charge on any atom is 0.0755 e. The van der Waals surface area contributed by atoms with Gasteiger partial charge in [-0.1, -0.05) is 51.0 Å². The molecule has 0 aromatic carbocycles. The van der Waals surface area contributed by atoms with Crippen molar-refractivity contribution in [1.82, 2.24) is 4.90 Å². The Kier molecular flexibility index (Phi) is 10.5. The fraction of sp³-hybridized carbons (Fsp3) is 0.769. The monoisotopic (exact) mass is 401 g/mol. The summed E-state index contributed by atoms with van der Waals surface area (Å²) >= 11 is 0. The molecule has 2 aliphatic rings. The molecular weight excluding hydrogens is 358 g/mol. The van der Waals surface area contributed by atoms with Gasteiger partial charge in [0.15, 0.2) is 0 Å². The van der Waals surface area contributed by atoms with E-state index in [1.54, 1.807) is 5.57 Å². The molecule has 6 atom stereocenters. The number of unbranched alkanes of at least 4 members (excludes halogenated alkanes) is 2. The largest absolute Gasteiger partial charge is 0.392 e. The molecule has 164 valence electrons. The summed E-state index contributed by atoms with van der Waals surface area (Å²) in [5, 5.41) is 20.9. The van der Waals surface area contributed by atoms with E-state index in [2.05, 4.69) is 42.7 Å². The first-order valence-corrected chi connectivity index (χ1v) is 11.9. The molecule has 3 heteroatoms. The lowest BCUT2D eigenvalue weighted by Gasteiger charge is -2.20. The lowest BCUT2D eigenvalue weighted by molar-refractivity contribution is 0.137. The molecule has 0 bridgehead atoms. The zero-order valence-electron chi connectivity index (χ0n) is 19.1. The maximum absolute atomic E-state index is 10.5. The molecule has 2 rings (SSSR count). The summed E-state index contributed by atoms with van der Waals surface area (Å²) in [7, 11) is 0. The van der Waals surface area contributed by atoms with Crippen LogP contribution in [0.2, 0.25) is 0 Å². The van der Waals surface area contributed by atoms with E-state index >= 15 is 0 Å². The molecule has 29 heavy (non-hydrogen) atoms. The van der Waals surface area contributed by atoms with E-state index in [9.17, 15) is 10.2 Å². The molecule has 0 aromatic heterocycles. The van der Waals surface area contributed by atoms with Crippen LogP contribution in [0.15, 0.2) is 23.8 Å². The lowest BCUT2D eigenvalue weighted by Crippen LogP contribution is -2.23. The van der Waals surface area contributed by atoms with Gasteiger partial charge in [0.25, 0.3) is 0 Å². The van der Waals surface area contributed by atoms with Crippen molar-refractivity contribution in [2.75, 3.05) is 19.6 Å². The second-order valence-electron chi connectivity index (χ2n) is 9.06. The van der Waals surface area contributed by atoms with Gasteiger partial charge in [0.2, 0.25) is 0 Å². The predicted octanol–water partition coefficient (Wildman–Crippen LogP) is 4.80. The van der Waals surface area contributed by atoms with Gasteiger partial charge in [-0.3, -0.25) is 0 Å². The Labute approximate surface area is 179 Å². The highest BCUT2D eigenvalue weighted by atomic mass is 16.3. The second kappa shape index (κ2) is 12.6. The molecular formula is C26H43NO2. The van der Waals surface area contributed by atoms with Crippen LogP contribution >= 0.6 is 0 Å². The van der Waals surface area contributed by atoms with E-state index in [0.717, 1.165) is 25.9 Å². The summed E-state index contributed by atoms with van der Waals surface area (Å²) in [4.78, 5) is 2.50. The Morgan fingerprint density at radius 3 is 2.69 bits per heavy atom. The smallest absolute Gasteiger partial charge is 0.0755 e. The van der Waals surface area contributed by atoms with Crippen LogP contribution in [-0.2, 0) is 0 Å². The molecule has 0 aliphatic heterocycles. The molecule has 0 spiro atoms. The minimum Gasteiger partial charge on any atom is -0.392 e. The summed E-state index contributed by atoms with van der Waals surface area (Å²) < 4.78 is 0. The van der Waals surface area contributed by atoms with Gasteiger partial charge in [-0.25, -0.2) is 0 Å². The van der Waals surface area contributed by atoms with Crippen molar-refractivity contribution in [3.8, 4) is 11.8 Å². The van der Waals surface area contributed by atoms with Gasteiger partial charge in [-0.15, -0.1) is 11.8 Å². The van der Waals surface area contributed by atoms with Crippen molar-refractivity contribution in [3.63, 3.8) is 0 Å². The molecule has 2 aliphatic carbocycles. The Bertz CT molecular complexity index is 596. The number of aliphatic hydroxyl groups excluding tert-OH is 2. The molecule has 1 fully saturated rings. The summed E-state index contributed by atoms with van der Waals surface area (Å²) in [5.41, 5.74) is 1.60. The third-order valence-electron chi connectivity index (χ3n) is 7.03. The average molecular weight is 402 g/mol. The van der Waals surface area contributed by atoms with Gasteiger partial charge < -0.3 is 15.1 Å². The molecule has 0 saturated heterocycles. The molecule has 3 nitrogen and oxygen atoms in total. The van der Waals surface area contributed by atoms with E-state index < -0.39 is 6.10 Å². The minimum atomic E-state index is -0.485. The minimum absolute atomic E-state index is 0.127. The summed E-state index contributed by atoms with van der Waals surface area (Å²) in [6.45, 7) is 11.9. The average Bonchev–Trinajstić information content (AvgIpc) is 3.23. The molecule has 0 unspecified atom stereocenters. The predicted molar refractivity (Wildman–Crippen MR) is 122 cm³/mol. The zero-order valence-corrected chi connectivity index (χ0v) is 19.1. The maximum atomic E-state index is 10.5. The molecule has 0 heterocycles. The first-order chi connectivity index (χ1) is 14.0. The number of fused-ring (bicyclic) bond motifs is 1. The third kappa shape index (κ3) is 7.28. The van der Waals surface area contributed by atoms with Crippen LogP contribution in [0.4, 0.5) is 0 Å². The topological polar surface area (TPSA) is 43.7 Å². The quantitative estimate of drug-likeness (QED) is 0.280. The Morgan fingerprint density at radius 2 is 2.00 bits per heavy atom. The van der Waals surface area contributed by atoms with E-state index in [1.165, 1.54) is 32.2 Å². The van der Waals surface area contributed by atoms with Crippen molar-refractivity contribution >= 4 is 0 Å². The van der Waals surface area contributed by atoms with Crippen LogP contribution in [-0.4, -0.2) is 47.0 Å². The number of rotatable bonds is 12. The third-order valence-corrected chi connectivity index (χ3v) is 7.03. The van der Waals surface area contributed by atoms with Gasteiger partial charge in [-0.05, 0) is 76.4 Å². The van der Waals surface area contributed by atoms with E-state index in [-0.39, 0.29) is 17.9 Å².